The molecule has 0 aliphatic carbocycles. The van der Waals surface area contributed by atoms with Gasteiger partial charge >= 0.3 is 5.97 Å². The number of esters is 1. The highest BCUT2D eigenvalue weighted by molar-refractivity contribution is 7.93. The van der Waals surface area contributed by atoms with Gasteiger partial charge in [0, 0.05) is 11.5 Å². The second-order valence-corrected chi connectivity index (χ2v) is 8.06. The van der Waals surface area contributed by atoms with E-state index in [0.29, 0.717) is 0 Å². The van der Waals surface area contributed by atoms with Crippen molar-refractivity contribution >= 4 is 21.7 Å². The molecule has 7 heteroatoms. The molecule has 1 heterocycles. The summed E-state index contributed by atoms with van der Waals surface area (Å²) in [5, 5.41) is 0. The molecule has 1 aliphatic heterocycles. The molecule has 0 spiro atoms. The van der Waals surface area contributed by atoms with Crippen LogP contribution in [0.25, 0.3) is 0 Å². The van der Waals surface area contributed by atoms with E-state index in [2.05, 4.69) is 6.58 Å². The molecule has 2 aromatic rings. The molecular formula is C20H20FNO4S. The standard InChI is InChI=1S/C20H20FNO4S/c1-4-15-18-16(21)7-6-8-17(18)22(19(15)20(23)26-5-2)27(24,25)14-11-9-13(3)10-12-14/h4,6-12,15,19H,1,5H2,2-3H3/t15-,19-/m1/s1. The monoisotopic (exact) mass is 389 g/mol. The fourth-order valence-corrected chi connectivity index (χ4v) is 4.96. The number of fused-ring (bicyclic) bond motifs is 1. The first kappa shape index (κ1) is 19.1. The first-order valence-electron chi connectivity index (χ1n) is 8.51. The lowest BCUT2D eigenvalue weighted by Gasteiger charge is -2.27. The van der Waals surface area contributed by atoms with Gasteiger partial charge in [-0.25, -0.2) is 17.6 Å². The van der Waals surface area contributed by atoms with E-state index in [1.807, 2.05) is 6.92 Å². The van der Waals surface area contributed by atoms with E-state index < -0.39 is 33.8 Å². The van der Waals surface area contributed by atoms with Crippen molar-refractivity contribution in [2.24, 2.45) is 0 Å². The van der Waals surface area contributed by atoms with Crippen LogP contribution in [-0.2, 0) is 19.6 Å². The topological polar surface area (TPSA) is 63.7 Å². The number of nitrogens with zero attached hydrogens (tertiary/aromatic N) is 1. The molecule has 0 aromatic heterocycles. The Balaban J connectivity index is 2.23. The Morgan fingerprint density at radius 1 is 1.26 bits per heavy atom. The second-order valence-electron chi connectivity index (χ2n) is 6.24. The van der Waals surface area contributed by atoms with Gasteiger partial charge in [-0.2, -0.15) is 0 Å². The molecule has 0 saturated carbocycles. The summed E-state index contributed by atoms with van der Waals surface area (Å²) in [6, 6.07) is 9.15. The number of hydrogen-bond donors (Lipinski definition) is 0. The number of anilines is 1. The van der Waals surface area contributed by atoms with Crippen LogP contribution in [0.2, 0.25) is 0 Å². The molecule has 0 bridgehead atoms. The fourth-order valence-electron chi connectivity index (χ4n) is 3.32. The molecule has 3 rings (SSSR count). The third-order valence-electron chi connectivity index (χ3n) is 4.55. The minimum atomic E-state index is -4.12. The molecule has 5 nitrogen and oxygen atoms in total. The number of halogens is 1. The molecule has 0 unspecified atom stereocenters. The quantitative estimate of drug-likeness (QED) is 0.580. The second kappa shape index (κ2) is 7.15. The summed E-state index contributed by atoms with van der Waals surface area (Å²) in [6.07, 6.45) is 1.38. The summed E-state index contributed by atoms with van der Waals surface area (Å²) in [5.41, 5.74) is 1.15. The first-order chi connectivity index (χ1) is 12.8. The van der Waals surface area contributed by atoms with Crippen LogP contribution in [0.5, 0.6) is 0 Å². The number of carbonyl (C=O) groups is 1. The number of aryl methyl sites for hydroxylation is 1. The van der Waals surface area contributed by atoms with Gasteiger partial charge in [0.05, 0.1) is 17.2 Å². The van der Waals surface area contributed by atoms with Crippen molar-refractivity contribution in [1.29, 1.82) is 0 Å². The zero-order chi connectivity index (χ0) is 19.8. The molecule has 1 aliphatic rings. The van der Waals surface area contributed by atoms with Crippen molar-refractivity contribution in [3.05, 3.63) is 72.1 Å². The molecule has 0 N–H and O–H groups in total. The van der Waals surface area contributed by atoms with Gasteiger partial charge in [0.1, 0.15) is 5.82 Å². The summed E-state index contributed by atoms with van der Waals surface area (Å²) in [7, 11) is -4.12. The number of carbonyl (C=O) groups excluding carboxylic acids is 1. The lowest BCUT2D eigenvalue weighted by molar-refractivity contribution is -0.144. The average molecular weight is 389 g/mol. The first-order valence-corrected chi connectivity index (χ1v) is 9.95. The van der Waals surface area contributed by atoms with Crippen molar-refractivity contribution in [2.45, 2.75) is 30.7 Å². The molecule has 2 atom stereocenters. The van der Waals surface area contributed by atoms with E-state index >= 15 is 0 Å². The molecule has 2 aromatic carbocycles. The predicted octanol–water partition coefficient (Wildman–Crippen LogP) is 3.54. The van der Waals surface area contributed by atoms with Crippen molar-refractivity contribution in [1.82, 2.24) is 0 Å². The van der Waals surface area contributed by atoms with Crippen molar-refractivity contribution in [2.75, 3.05) is 10.9 Å². The molecular weight excluding hydrogens is 369 g/mol. The van der Waals surface area contributed by atoms with Gasteiger partial charge in [-0.1, -0.05) is 29.8 Å². The van der Waals surface area contributed by atoms with Crippen LogP contribution in [0, 0.1) is 12.7 Å². The van der Waals surface area contributed by atoms with Crippen LogP contribution in [0.15, 0.2) is 60.0 Å². The Hall–Kier alpha value is -2.67. The van der Waals surface area contributed by atoms with E-state index in [9.17, 15) is 17.6 Å². The Labute approximate surface area is 158 Å². The van der Waals surface area contributed by atoms with E-state index in [1.165, 1.54) is 36.4 Å². The predicted molar refractivity (Wildman–Crippen MR) is 101 cm³/mol. The van der Waals surface area contributed by atoms with Gasteiger partial charge in [0.2, 0.25) is 0 Å². The average Bonchev–Trinajstić information content (AvgIpc) is 2.98. The van der Waals surface area contributed by atoms with Gasteiger partial charge < -0.3 is 4.74 Å². The zero-order valence-corrected chi connectivity index (χ0v) is 15.9. The SMILES string of the molecule is C=C[C@@H]1c2c(F)cccc2N(S(=O)(=O)c2ccc(C)cc2)[C@H]1C(=O)OCC. The van der Waals surface area contributed by atoms with Crippen molar-refractivity contribution in [3.8, 4) is 0 Å². The number of ether oxygens (including phenoxy) is 1. The van der Waals surface area contributed by atoms with E-state index in [-0.39, 0.29) is 22.8 Å². The Morgan fingerprint density at radius 2 is 1.93 bits per heavy atom. The van der Waals surface area contributed by atoms with Crippen LogP contribution in [-0.4, -0.2) is 27.0 Å². The third kappa shape index (κ3) is 3.12. The zero-order valence-electron chi connectivity index (χ0n) is 15.1. The molecule has 0 amide bonds. The van der Waals surface area contributed by atoms with Crippen LogP contribution >= 0.6 is 0 Å². The van der Waals surface area contributed by atoms with E-state index in [4.69, 9.17) is 4.74 Å². The largest absolute Gasteiger partial charge is 0.464 e. The maximum Gasteiger partial charge on any atom is 0.330 e. The maximum atomic E-state index is 14.5. The lowest BCUT2D eigenvalue weighted by Crippen LogP contribution is -2.45. The highest BCUT2D eigenvalue weighted by atomic mass is 32.2. The maximum absolute atomic E-state index is 14.5. The summed E-state index contributed by atoms with van der Waals surface area (Å²) < 4.78 is 47.3. The number of hydrogen-bond acceptors (Lipinski definition) is 4. The summed E-state index contributed by atoms with van der Waals surface area (Å²) in [6.45, 7) is 7.23. The van der Waals surface area contributed by atoms with Crippen LogP contribution < -0.4 is 4.31 Å². The minimum absolute atomic E-state index is 0.0160. The van der Waals surface area contributed by atoms with Crippen LogP contribution in [0.1, 0.15) is 24.0 Å². The normalized spacial score (nSPS) is 18.9. The van der Waals surface area contributed by atoms with Gasteiger partial charge in [-0.05, 0) is 38.1 Å². The lowest BCUT2D eigenvalue weighted by atomic mass is 9.95. The fraction of sp³-hybridized carbons (Fsp3) is 0.250. The molecule has 0 radical (unpaired) electrons. The van der Waals surface area contributed by atoms with Crippen molar-refractivity contribution in [3.63, 3.8) is 0 Å². The van der Waals surface area contributed by atoms with Crippen LogP contribution in [0.3, 0.4) is 0 Å². The Bertz CT molecular complexity index is 986. The van der Waals surface area contributed by atoms with Gasteiger partial charge in [-0.15, -0.1) is 6.58 Å². The number of rotatable bonds is 5. The van der Waals surface area contributed by atoms with Crippen molar-refractivity contribution < 1.29 is 22.3 Å². The molecule has 0 saturated heterocycles. The molecule has 142 valence electrons. The highest BCUT2D eigenvalue weighted by Gasteiger charge is 2.49. The van der Waals surface area contributed by atoms with Gasteiger partial charge in [0.25, 0.3) is 10.0 Å². The van der Waals surface area contributed by atoms with E-state index in [0.717, 1.165) is 9.87 Å². The molecule has 0 fully saturated rings. The summed E-state index contributed by atoms with van der Waals surface area (Å²) in [4.78, 5) is 12.7. The molecule has 27 heavy (non-hydrogen) atoms. The number of sulfonamides is 1. The van der Waals surface area contributed by atoms with Crippen LogP contribution in [0.4, 0.5) is 10.1 Å². The smallest absolute Gasteiger partial charge is 0.330 e. The third-order valence-corrected chi connectivity index (χ3v) is 6.36. The summed E-state index contributed by atoms with van der Waals surface area (Å²) >= 11 is 0. The van der Waals surface area contributed by atoms with Gasteiger partial charge in [-0.3, -0.25) is 4.31 Å². The number of benzene rings is 2. The minimum Gasteiger partial charge on any atom is -0.464 e. The Kier molecular flexibility index (Phi) is 5.06. The Morgan fingerprint density at radius 3 is 2.52 bits per heavy atom. The summed E-state index contributed by atoms with van der Waals surface area (Å²) in [5.74, 6) is -2.18. The highest BCUT2D eigenvalue weighted by Crippen LogP contribution is 2.46. The van der Waals surface area contributed by atoms with Gasteiger partial charge in [0.15, 0.2) is 6.04 Å². The van der Waals surface area contributed by atoms with E-state index in [1.54, 1.807) is 19.1 Å².